The van der Waals surface area contributed by atoms with Crippen LogP contribution in [0.4, 0.5) is 5.13 Å². The minimum absolute atomic E-state index is 0.150. The first-order chi connectivity index (χ1) is 13.8. The average molecular weight is 380 g/mol. The SMILES string of the molecule is O=C(Nc1nc2c(ccc3ccccc32)s1)c1ccc(-c2ccccc2)cc1. The molecule has 0 saturated carbocycles. The number of fused-ring (bicyclic) bond motifs is 3. The second-order valence-electron chi connectivity index (χ2n) is 6.55. The molecule has 1 amide bonds. The van der Waals surface area contributed by atoms with Crippen LogP contribution in [0, 0.1) is 0 Å². The minimum atomic E-state index is -0.150. The van der Waals surface area contributed by atoms with Gasteiger partial charge in [-0.05, 0) is 34.7 Å². The first-order valence-corrected chi connectivity index (χ1v) is 9.85. The van der Waals surface area contributed by atoms with Crippen molar-refractivity contribution in [2.24, 2.45) is 0 Å². The van der Waals surface area contributed by atoms with E-state index in [9.17, 15) is 4.79 Å². The van der Waals surface area contributed by atoms with Crippen LogP contribution in [0.25, 0.3) is 32.1 Å². The molecule has 5 aromatic rings. The molecule has 0 saturated heterocycles. The van der Waals surface area contributed by atoms with Crippen LogP contribution < -0.4 is 5.32 Å². The Hall–Kier alpha value is -3.50. The molecule has 3 nitrogen and oxygen atoms in total. The highest BCUT2D eigenvalue weighted by molar-refractivity contribution is 7.22. The molecule has 1 N–H and O–H groups in total. The summed E-state index contributed by atoms with van der Waals surface area (Å²) in [5.74, 6) is -0.150. The van der Waals surface area contributed by atoms with E-state index in [1.807, 2.05) is 54.6 Å². The van der Waals surface area contributed by atoms with Crippen molar-refractivity contribution in [3.63, 3.8) is 0 Å². The van der Waals surface area contributed by atoms with Crippen molar-refractivity contribution >= 4 is 43.4 Å². The van der Waals surface area contributed by atoms with Crippen molar-refractivity contribution in [1.29, 1.82) is 0 Å². The Morgan fingerprint density at radius 1 is 0.750 bits per heavy atom. The summed E-state index contributed by atoms with van der Waals surface area (Å²) < 4.78 is 1.06. The van der Waals surface area contributed by atoms with Crippen LogP contribution in [0.5, 0.6) is 0 Å². The zero-order valence-corrected chi connectivity index (χ0v) is 15.7. The molecule has 0 radical (unpaired) electrons. The van der Waals surface area contributed by atoms with E-state index in [-0.39, 0.29) is 5.91 Å². The van der Waals surface area contributed by atoms with Gasteiger partial charge in [0.15, 0.2) is 5.13 Å². The third kappa shape index (κ3) is 3.04. The zero-order chi connectivity index (χ0) is 18.9. The molecule has 0 aliphatic carbocycles. The van der Waals surface area contributed by atoms with Gasteiger partial charge >= 0.3 is 0 Å². The fourth-order valence-corrected chi connectivity index (χ4v) is 4.21. The van der Waals surface area contributed by atoms with Gasteiger partial charge in [-0.15, -0.1) is 0 Å². The van der Waals surface area contributed by atoms with Crippen molar-refractivity contribution in [3.05, 3.63) is 96.6 Å². The molecule has 134 valence electrons. The number of hydrogen-bond acceptors (Lipinski definition) is 3. The number of rotatable bonds is 3. The predicted molar refractivity (Wildman–Crippen MR) is 117 cm³/mol. The van der Waals surface area contributed by atoms with E-state index in [1.165, 1.54) is 11.3 Å². The van der Waals surface area contributed by atoms with Gasteiger partial charge < -0.3 is 0 Å². The van der Waals surface area contributed by atoms with Gasteiger partial charge in [0.1, 0.15) is 0 Å². The number of thiazole rings is 1. The van der Waals surface area contributed by atoms with E-state index in [1.54, 1.807) is 0 Å². The van der Waals surface area contributed by atoms with Gasteiger partial charge in [-0.2, -0.15) is 0 Å². The van der Waals surface area contributed by atoms with Crippen molar-refractivity contribution < 1.29 is 4.79 Å². The second-order valence-corrected chi connectivity index (χ2v) is 7.58. The monoisotopic (exact) mass is 380 g/mol. The summed E-state index contributed by atoms with van der Waals surface area (Å²) in [6.07, 6.45) is 0. The highest BCUT2D eigenvalue weighted by Crippen LogP contribution is 2.32. The van der Waals surface area contributed by atoms with E-state index >= 15 is 0 Å². The fourth-order valence-electron chi connectivity index (χ4n) is 3.33. The lowest BCUT2D eigenvalue weighted by molar-refractivity contribution is 0.102. The predicted octanol–water partition coefficient (Wildman–Crippen LogP) is 6.37. The molecule has 0 bridgehead atoms. The van der Waals surface area contributed by atoms with E-state index in [0.717, 1.165) is 32.1 Å². The fraction of sp³-hybridized carbons (Fsp3) is 0. The zero-order valence-electron chi connectivity index (χ0n) is 14.9. The Labute approximate surface area is 166 Å². The Morgan fingerprint density at radius 3 is 2.29 bits per heavy atom. The minimum Gasteiger partial charge on any atom is -0.298 e. The molecule has 0 aliphatic rings. The standard InChI is InChI=1S/C24H16N2OS/c27-23(19-12-10-17(11-13-19)16-6-2-1-3-7-16)26-24-25-22-20-9-5-4-8-18(20)14-15-21(22)28-24/h1-15H,(H,25,26,27). The van der Waals surface area contributed by atoms with E-state index in [4.69, 9.17) is 0 Å². The Morgan fingerprint density at radius 2 is 1.46 bits per heavy atom. The number of amides is 1. The van der Waals surface area contributed by atoms with Gasteiger partial charge in [0.05, 0.1) is 10.2 Å². The smallest absolute Gasteiger partial charge is 0.257 e. The second kappa shape index (κ2) is 6.91. The van der Waals surface area contributed by atoms with Crippen molar-refractivity contribution in [1.82, 2.24) is 4.98 Å². The van der Waals surface area contributed by atoms with Crippen LogP contribution in [-0.2, 0) is 0 Å². The summed E-state index contributed by atoms with van der Waals surface area (Å²) in [7, 11) is 0. The highest BCUT2D eigenvalue weighted by Gasteiger charge is 2.12. The number of benzene rings is 4. The average Bonchev–Trinajstić information content (AvgIpc) is 3.17. The molecule has 0 atom stereocenters. The normalized spacial score (nSPS) is 11.0. The molecule has 0 fully saturated rings. The molecule has 1 heterocycles. The molecule has 0 aliphatic heterocycles. The highest BCUT2D eigenvalue weighted by atomic mass is 32.1. The molecule has 0 spiro atoms. The number of anilines is 1. The van der Waals surface area contributed by atoms with Crippen LogP contribution in [0.3, 0.4) is 0 Å². The van der Waals surface area contributed by atoms with Gasteiger partial charge in [0, 0.05) is 10.9 Å². The Balaban J connectivity index is 1.41. The number of aromatic nitrogens is 1. The lowest BCUT2D eigenvalue weighted by atomic mass is 10.0. The largest absolute Gasteiger partial charge is 0.298 e. The van der Waals surface area contributed by atoms with Crippen molar-refractivity contribution in [2.75, 3.05) is 5.32 Å². The summed E-state index contributed by atoms with van der Waals surface area (Å²) in [5.41, 5.74) is 3.76. The number of carbonyl (C=O) groups excluding carboxylic acids is 1. The summed E-state index contributed by atoms with van der Waals surface area (Å²) in [4.78, 5) is 17.3. The molecule has 5 rings (SSSR count). The lowest BCUT2D eigenvalue weighted by Crippen LogP contribution is -2.11. The maximum atomic E-state index is 12.7. The molecule has 1 aromatic heterocycles. The lowest BCUT2D eigenvalue weighted by Gasteiger charge is -2.04. The number of nitrogens with one attached hydrogen (secondary N) is 1. The quantitative estimate of drug-likeness (QED) is 0.395. The van der Waals surface area contributed by atoms with E-state index < -0.39 is 0 Å². The Bertz CT molecular complexity index is 1290. The topological polar surface area (TPSA) is 42.0 Å². The van der Waals surface area contributed by atoms with Crippen LogP contribution in [0.15, 0.2) is 91.0 Å². The van der Waals surface area contributed by atoms with Gasteiger partial charge in [-0.25, -0.2) is 4.98 Å². The maximum Gasteiger partial charge on any atom is 0.257 e. The molecule has 4 heteroatoms. The van der Waals surface area contributed by atoms with Crippen LogP contribution in [0.2, 0.25) is 0 Å². The summed E-state index contributed by atoms with van der Waals surface area (Å²) in [6.45, 7) is 0. The van der Waals surface area contributed by atoms with Gasteiger partial charge in [0.2, 0.25) is 0 Å². The van der Waals surface area contributed by atoms with Gasteiger partial charge in [-0.1, -0.05) is 84.1 Å². The first kappa shape index (κ1) is 16.7. The number of carbonyl (C=O) groups is 1. The van der Waals surface area contributed by atoms with Crippen molar-refractivity contribution in [2.45, 2.75) is 0 Å². The van der Waals surface area contributed by atoms with Crippen LogP contribution in [0.1, 0.15) is 10.4 Å². The van der Waals surface area contributed by atoms with Crippen LogP contribution in [-0.4, -0.2) is 10.9 Å². The van der Waals surface area contributed by atoms with E-state index in [0.29, 0.717) is 10.7 Å². The number of nitrogens with zero attached hydrogens (tertiary/aromatic N) is 1. The van der Waals surface area contributed by atoms with Crippen molar-refractivity contribution in [3.8, 4) is 11.1 Å². The molecular formula is C24H16N2OS. The van der Waals surface area contributed by atoms with E-state index in [2.05, 4.69) is 46.7 Å². The van der Waals surface area contributed by atoms with Crippen LogP contribution >= 0.6 is 11.3 Å². The first-order valence-electron chi connectivity index (χ1n) is 9.03. The summed E-state index contributed by atoms with van der Waals surface area (Å²) in [6, 6.07) is 30.0. The summed E-state index contributed by atoms with van der Waals surface area (Å²) >= 11 is 1.49. The molecule has 0 unspecified atom stereocenters. The van der Waals surface area contributed by atoms with Gasteiger partial charge in [-0.3, -0.25) is 10.1 Å². The molecule has 28 heavy (non-hydrogen) atoms. The number of hydrogen-bond donors (Lipinski definition) is 1. The summed E-state index contributed by atoms with van der Waals surface area (Å²) in [5, 5.41) is 5.80. The molecular weight excluding hydrogens is 364 g/mol. The third-order valence-electron chi connectivity index (χ3n) is 4.76. The van der Waals surface area contributed by atoms with Gasteiger partial charge in [0.25, 0.3) is 5.91 Å². The Kier molecular flexibility index (Phi) is 4.11. The molecule has 4 aromatic carbocycles. The third-order valence-corrected chi connectivity index (χ3v) is 5.69. The maximum absolute atomic E-state index is 12.7.